The van der Waals surface area contributed by atoms with E-state index in [-0.39, 0.29) is 11.6 Å². The largest absolute Gasteiger partial charge is 0.303 e. The summed E-state index contributed by atoms with van der Waals surface area (Å²) in [6.07, 6.45) is 2.07. The van der Waals surface area contributed by atoms with Crippen LogP contribution < -0.4 is 5.06 Å². The van der Waals surface area contributed by atoms with Crippen molar-refractivity contribution in [3.05, 3.63) is 66.0 Å². The Hall–Kier alpha value is -2.24. The fraction of sp³-hybridized carbons (Fsp3) is 0.435. The molecular weight excluding hydrogens is 355 g/mol. The van der Waals surface area contributed by atoms with E-state index < -0.39 is 5.82 Å². The highest BCUT2D eigenvalue weighted by molar-refractivity contribution is 5.89. The molecule has 1 aliphatic rings. The highest BCUT2D eigenvalue weighted by Gasteiger charge is 2.28. The average molecular weight is 384 g/mol. The number of benzene rings is 2. The van der Waals surface area contributed by atoms with Crippen LogP contribution in [0.5, 0.6) is 0 Å². The number of anilines is 1. The van der Waals surface area contributed by atoms with E-state index in [0.717, 1.165) is 37.5 Å². The van der Waals surface area contributed by atoms with Crippen LogP contribution in [0.4, 0.5) is 10.1 Å². The van der Waals surface area contributed by atoms with Gasteiger partial charge in [0.2, 0.25) is 5.91 Å². The molecule has 2 aromatic carbocycles. The van der Waals surface area contributed by atoms with Crippen molar-refractivity contribution in [3.8, 4) is 0 Å². The maximum atomic E-state index is 14.0. The average Bonchev–Trinajstić information content (AvgIpc) is 2.69. The van der Waals surface area contributed by atoms with Crippen LogP contribution in [-0.4, -0.2) is 37.0 Å². The number of hydroxylamine groups is 1. The molecule has 0 aromatic heterocycles. The number of para-hydroxylation sites is 1. The van der Waals surface area contributed by atoms with Crippen molar-refractivity contribution >= 4 is 11.6 Å². The van der Waals surface area contributed by atoms with Gasteiger partial charge in [-0.25, -0.2) is 4.39 Å². The summed E-state index contributed by atoms with van der Waals surface area (Å²) in [7, 11) is 0. The van der Waals surface area contributed by atoms with Crippen LogP contribution in [0.3, 0.4) is 0 Å². The third kappa shape index (κ3) is 5.40. The molecular formula is C23H29FN2O2. The second-order valence-electron chi connectivity index (χ2n) is 7.62. The van der Waals surface area contributed by atoms with Gasteiger partial charge in [0, 0.05) is 20.0 Å². The van der Waals surface area contributed by atoms with Crippen LogP contribution in [0.1, 0.15) is 25.8 Å². The fourth-order valence-electron chi connectivity index (χ4n) is 3.78. The molecule has 0 spiro atoms. The molecule has 1 heterocycles. The third-order valence-corrected chi connectivity index (χ3v) is 5.50. The quantitative estimate of drug-likeness (QED) is 0.667. The Kier molecular flexibility index (Phi) is 7.18. The second-order valence-corrected chi connectivity index (χ2v) is 7.62. The van der Waals surface area contributed by atoms with E-state index in [4.69, 9.17) is 4.84 Å². The number of piperidine rings is 1. The highest BCUT2D eigenvalue weighted by atomic mass is 19.1. The van der Waals surface area contributed by atoms with Crippen molar-refractivity contribution in [1.82, 2.24) is 4.90 Å². The lowest BCUT2D eigenvalue weighted by molar-refractivity contribution is -0.125. The van der Waals surface area contributed by atoms with Crippen LogP contribution in [0.2, 0.25) is 0 Å². The zero-order valence-corrected chi connectivity index (χ0v) is 16.7. The first kappa shape index (κ1) is 20.5. The van der Waals surface area contributed by atoms with Gasteiger partial charge in [-0.1, -0.05) is 49.4 Å². The van der Waals surface area contributed by atoms with Gasteiger partial charge < -0.3 is 4.90 Å². The molecule has 0 N–H and O–H groups in total. The lowest BCUT2D eigenvalue weighted by Gasteiger charge is -2.37. The van der Waals surface area contributed by atoms with Crippen molar-refractivity contribution in [3.63, 3.8) is 0 Å². The van der Waals surface area contributed by atoms with E-state index in [1.54, 1.807) is 18.2 Å². The van der Waals surface area contributed by atoms with Gasteiger partial charge in [0.1, 0.15) is 11.5 Å². The lowest BCUT2D eigenvalue weighted by Crippen LogP contribution is -2.43. The Morgan fingerprint density at radius 1 is 1.18 bits per heavy atom. The second kappa shape index (κ2) is 9.80. The number of hydrogen-bond acceptors (Lipinski definition) is 3. The van der Waals surface area contributed by atoms with E-state index in [0.29, 0.717) is 18.4 Å². The maximum absolute atomic E-state index is 14.0. The van der Waals surface area contributed by atoms with Crippen molar-refractivity contribution in [2.24, 2.45) is 11.8 Å². The first-order chi connectivity index (χ1) is 13.5. The zero-order valence-electron chi connectivity index (χ0n) is 16.7. The molecule has 2 atom stereocenters. The van der Waals surface area contributed by atoms with Crippen LogP contribution in [-0.2, 0) is 16.1 Å². The summed E-state index contributed by atoms with van der Waals surface area (Å²) >= 11 is 0. The molecule has 0 bridgehead atoms. The number of carbonyl (C=O) groups excluding carboxylic acids is 1. The Morgan fingerprint density at radius 3 is 2.57 bits per heavy atom. The zero-order chi connectivity index (χ0) is 19.9. The number of likely N-dealkylation sites (tertiary alicyclic amines) is 1. The van der Waals surface area contributed by atoms with Gasteiger partial charge in [-0.05, 0) is 48.9 Å². The first-order valence-corrected chi connectivity index (χ1v) is 9.99. The normalized spacial score (nSPS) is 20.1. The molecule has 28 heavy (non-hydrogen) atoms. The molecule has 0 aliphatic carbocycles. The van der Waals surface area contributed by atoms with Crippen molar-refractivity contribution < 1.29 is 14.0 Å². The van der Waals surface area contributed by atoms with Crippen molar-refractivity contribution in [2.75, 3.05) is 31.3 Å². The third-order valence-electron chi connectivity index (χ3n) is 5.50. The number of rotatable bonds is 7. The monoisotopic (exact) mass is 384 g/mol. The summed E-state index contributed by atoms with van der Waals surface area (Å²) in [6.45, 7) is 7.12. The molecule has 0 radical (unpaired) electrons. The molecule has 150 valence electrons. The molecule has 3 rings (SSSR count). The molecule has 0 unspecified atom stereocenters. The molecule has 1 aliphatic heterocycles. The Morgan fingerprint density at radius 2 is 1.89 bits per heavy atom. The van der Waals surface area contributed by atoms with Gasteiger partial charge in [0.05, 0.1) is 6.61 Å². The summed E-state index contributed by atoms with van der Waals surface area (Å²) in [6, 6.07) is 16.7. The highest BCUT2D eigenvalue weighted by Crippen LogP contribution is 2.26. The summed E-state index contributed by atoms with van der Waals surface area (Å²) in [5.41, 5.74) is 1.53. The number of hydrogen-bond donors (Lipinski definition) is 0. The van der Waals surface area contributed by atoms with Gasteiger partial charge in [0.25, 0.3) is 0 Å². The fourth-order valence-corrected chi connectivity index (χ4v) is 3.78. The minimum absolute atomic E-state index is 0.169. The number of carbonyl (C=O) groups is 1. The van der Waals surface area contributed by atoms with Gasteiger partial charge in [-0.15, -0.1) is 0 Å². The summed E-state index contributed by atoms with van der Waals surface area (Å²) < 4.78 is 14.0. The summed E-state index contributed by atoms with van der Waals surface area (Å²) in [5.74, 6) is 0.0279. The number of nitrogens with zero attached hydrogens (tertiary/aromatic N) is 2. The predicted octanol–water partition coefficient (Wildman–Crippen LogP) is 4.31. The van der Waals surface area contributed by atoms with Crippen LogP contribution in [0.25, 0.3) is 0 Å². The predicted molar refractivity (Wildman–Crippen MR) is 109 cm³/mol. The molecule has 4 nitrogen and oxygen atoms in total. The molecule has 0 saturated carbocycles. The van der Waals surface area contributed by atoms with Crippen molar-refractivity contribution in [2.45, 2.75) is 26.7 Å². The molecule has 1 fully saturated rings. The number of amides is 1. The molecule has 2 aromatic rings. The van der Waals surface area contributed by atoms with Gasteiger partial charge in [-0.3, -0.25) is 9.63 Å². The summed E-state index contributed by atoms with van der Waals surface area (Å²) in [4.78, 5) is 20.2. The van der Waals surface area contributed by atoms with E-state index in [2.05, 4.69) is 36.1 Å². The van der Waals surface area contributed by atoms with Gasteiger partial charge >= 0.3 is 0 Å². The minimum Gasteiger partial charge on any atom is -0.303 e. The molecule has 1 amide bonds. The van der Waals surface area contributed by atoms with E-state index in [9.17, 15) is 9.18 Å². The Labute approximate surface area is 166 Å². The topological polar surface area (TPSA) is 32.8 Å². The van der Waals surface area contributed by atoms with E-state index in [1.807, 2.05) is 6.07 Å². The van der Waals surface area contributed by atoms with E-state index >= 15 is 0 Å². The summed E-state index contributed by atoms with van der Waals surface area (Å²) in [5, 5.41) is 1.09. The van der Waals surface area contributed by atoms with E-state index in [1.165, 1.54) is 18.6 Å². The first-order valence-electron chi connectivity index (χ1n) is 9.99. The number of halogens is 1. The Bertz CT molecular complexity index is 768. The SMILES string of the molecule is CC(=O)N(OC[C@@H]1CCN(CCc2ccccc2)C[C@@H]1C)c1ccccc1F. The van der Waals surface area contributed by atoms with Gasteiger partial charge in [0.15, 0.2) is 0 Å². The maximum Gasteiger partial charge on any atom is 0.247 e. The molecule has 1 saturated heterocycles. The van der Waals surface area contributed by atoms with Crippen LogP contribution in [0.15, 0.2) is 54.6 Å². The van der Waals surface area contributed by atoms with Crippen LogP contribution >= 0.6 is 0 Å². The molecule has 5 heteroatoms. The minimum atomic E-state index is -0.457. The Balaban J connectivity index is 1.50. The van der Waals surface area contributed by atoms with Crippen LogP contribution in [0, 0.1) is 17.7 Å². The lowest BCUT2D eigenvalue weighted by atomic mass is 9.87. The van der Waals surface area contributed by atoms with Gasteiger partial charge in [-0.2, -0.15) is 5.06 Å². The standard InChI is InChI=1S/C23H29FN2O2/c1-18-16-25(14-12-20-8-4-3-5-9-20)15-13-21(18)17-28-26(19(2)27)23-11-7-6-10-22(23)24/h3-11,18,21H,12-17H2,1-2H3/t18-,21-/m0/s1. The van der Waals surface area contributed by atoms with Crippen molar-refractivity contribution in [1.29, 1.82) is 0 Å². The smallest absolute Gasteiger partial charge is 0.247 e.